The summed E-state index contributed by atoms with van der Waals surface area (Å²) in [7, 11) is -2.37. The molecule has 1 heterocycles. The molecule has 1 aliphatic heterocycles. The number of sulfonamides is 1. The van der Waals surface area contributed by atoms with Crippen molar-refractivity contribution in [2.45, 2.75) is 11.3 Å². The van der Waals surface area contributed by atoms with Gasteiger partial charge in [0.1, 0.15) is 0 Å². The first kappa shape index (κ1) is 15.8. The molecule has 0 aromatic heterocycles. The van der Waals surface area contributed by atoms with Gasteiger partial charge in [-0.05, 0) is 48.4 Å². The van der Waals surface area contributed by atoms with Crippen molar-refractivity contribution in [1.29, 1.82) is 0 Å². The van der Waals surface area contributed by atoms with Crippen molar-refractivity contribution in [3.63, 3.8) is 0 Å². The molecule has 0 N–H and O–H groups in total. The van der Waals surface area contributed by atoms with E-state index in [0.29, 0.717) is 29.2 Å². The zero-order chi connectivity index (χ0) is 16.6. The average Bonchev–Trinajstić information content (AvgIpc) is 2.97. The third kappa shape index (κ3) is 2.80. The zero-order valence-corrected chi connectivity index (χ0v) is 13.9. The van der Waals surface area contributed by atoms with E-state index < -0.39 is 16.0 Å². The highest BCUT2D eigenvalue weighted by molar-refractivity contribution is 7.92. The maximum atomic E-state index is 12.8. The number of hydrogen-bond acceptors (Lipinski definition) is 4. The highest BCUT2D eigenvalue weighted by Gasteiger charge is 2.31. The largest absolute Gasteiger partial charge is 0.465 e. The molecular weight excluding hydrogens is 338 g/mol. The molecule has 23 heavy (non-hydrogen) atoms. The van der Waals surface area contributed by atoms with Gasteiger partial charge >= 0.3 is 5.97 Å². The number of ether oxygens (including phenoxy) is 1. The number of halogens is 1. The van der Waals surface area contributed by atoms with Crippen LogP contribution in [0.4, 0.5) is 5.69 Å². The molecule has 0 aliphatic carbocycles. The van der Waals surface area contributed by atoms with E-state index in [1.807, 2.05) is 0 Å². The Morgan fingerprint density at radius 2 is 2.00 bits per heavy atom. The molecule has 0 radical (unpaired) electrons. The van der Waals surface area contributed by atoms with Crippen LogP contribution >= 0.6 is 11.6 Å². The number of benzene rings is 2. The first-order chi connectivity index (χ1) is 10.9. The molecule has 0 saturated heterocycles. The summed E-state index contributed by atoms with van der Waals surface area (Å²) in [5.74, 6) is -0.441. The fourth-order valence-electron chi connectivity index (χ4n) is 2.62. The minimum absolute atomic E-state index is 0.148. The summed E-state index contributed by atoms with van der Waals surface area (Å²) >= 11 is 5.90. The standard InChI is InChI=1S/C16H14ClNO4S/c1-22-16(19)12-5-6-15-11(9-12)7-8-18(15)23(20,21)14-4-2-3-13(17)10-14/h2-6,9-10H,7-8H2,1H3. The molecule has 0 bridgehead atoms. The molecule has 120 valence electrons. The quantitative estimate of drug-likeness (QED) is 0.798. The summed E-state index contributed by atoms with van der Waals surface area (Å²) in [6.07, 6.45) is 0.542. The van der Waals surface area contributed by atoms with Crippen LogP contribution < -0.4 is 4.31 Å². The lowest BCUT2D eigenvalue weighted by Gasteiger charge is -2.19. The summed E-state index contributed by atoms with van der Waals surface area (Å²) in [5, 5.41) is 0.367. The van der Waals surface area contributed by atoms with Gasteiger partial charge in [-0.25, -0.2) is 13.2 Å². The highest BCUT2D eigenvalue weighted by atomic mass is 35.5. The predicted octanol–water partition coefficient (Wildman–Crippen LogP) is 2.88. The van der Waals surface area contributed by atoms with Gasteiger partial charge in [-0.15, -0.1) is 0 Å². The van der Waals surface area contributed by atoms with Gasteiger partial charge in [0.2, 0.25) is 0 Å². The molecule has 0 saturated carbocycles. The van der Waals surface area contributed by atoms with Crippen LogP contribution in [0.1, 0.15) is 15.9 Å². The minimum Gasteiger partial charge on any atom is -0.465 e. The Hall–Kier alpha value is -2.05. The monoisotopic (exact) mass is 351 g/mol. The number of anilines is 1. The van der Waals surface area contributed by atoms with Crippen LogP contribution in [0.15, 0.2) is 47.4 Å². The number of esters is 1. The van der Waals surface area contributed by atoms with Crippen LogP contribution in [0, 0.1) is 0 Å². The molecule has 2 aromatic rings. The van der Waals surface area contributed by atoms with E-state index in [-0.39, 0.29) is 4.90 Å². The summed E-state index contributed by atoms with van der Waals surface area (Å²) in [5.41, 5.74) is 1.80. The lowest BCUT2D eigenvalue weighted by Crippen LogP contribution is -2.29. The third-order valence-corrected chi connectivity index (χ3v) is 5.78. The molecule has 2 aromatic carbocycles. The Morgan fingerprint density at radius 3 is 2.70 bits per heavy atom. The van der Waals surface area contributed by atoms with E-state index in [4.69, 9.17) is 11.6 Å². The Labute approximate surface area is 139 Å². The van der Waals surface area contributed by atoms with E-state index in [2.05, 4.69) is 4.74 Å². The fourth-order valence-corrected chi connectivity index (χ4v) is 4.43. The van der Waals surface area contributed by atoms with E-state index in [9.17, 15) is 13.2 Å². The van der Waals surface area contributed by atoms with Crippen molar-refractivity contribution in [3.8, 4) is 0 Å². The van der Waals surface area contributed by atoms with E-state index in [1.165, 1.54) is 23.5 Å². The Balaban J connectivity index is 2.01. The lowest BCUT2D eigenvalue weighted by molar-refractivity contribution is 0.0600. The molecule has 0 unspecified atom stereocenters. The van der Waals surface area contributed by atoms with Crippen molar-refractivity contribution < 1.29 is 17.9 Å². The number of methoxy groups -OCH3 is 1. The minimum atomic E-state index is -3.68. The molecule has 0 atom stereocenters. The summed E-state index contributed by atoms with van der Waals surface area (Å²) in [6.45, 7) is 0.328. The Kier molecular flexibility index (Phi) is 4.04. The van der Waals surface area contributed by atoms with Gasteiger partial charge < -0.3 is 4.74 Å². The maximum absolute atomic E-state index is 12.8. The summed E-state index contributed by atoms with van der Waals surface area (Å²) < 4.78 is 31.6. The average molecular weight is 352 g/mol. The molecule has 0 fully saturated rings. The number of carbonyl (C=O) groups excluding carboxylic acids is 1. The predicted molar refractivity (Wildman–Crippen MR) is 87.5 cm³/mol. The molecule has 5 nitrogen and oxygen atoms in total. The molecule has 3 rings (SSSR count). The van der Waals surface area contributed by atoms with Gasteiger partial charge in [-0.3, -0.25) is 4.31 Å². The Bertz CT molecular complexity index is 879. The summed E-state index contributed by atoms with van der Waals surface area (Å²) in [4.78, 5) is 11.7. The van der Waals surface area contributed by atoms with Crippen molar-refractivity contribution in [2.75, 3.05) is 18.0 Å². The summed E-state index contributed by atoms with van der Waals surface area (Å²) in [6, 6.07) is 11.1. The van der Waals surface area contributed by atoms with Crippen molar-refractivity contribution in [2.24, 2.45) is 0 Å². The van der Waals surface area contributed by atoms with Crippen LogP contribution in [0.25, 0.3) is 0 Å². The highest BCUT2D eigenvalue weighted by Crippen LogP contribution is 2.34. The molecular formula is C16H14ClNO4S. The number of rotatable bonds is 3. The van der Waals surface area contributed by atoms with Crippen LogP contribution in [0.5, 0.6) is 0 Å². The van der Waals surface area contributed by atoms with Gasteiger partial charge in [-0.2, -0.15) is 0 Å². The van der Waals surface area contributed by atoms with Gasteiger partial charge in [0.25, 0.3) is 10.0 Å². The van der Waals surface area contributed by atoms with Crippen LogP contribution in [0.3, 0.4) is 0 Å². The number of fused-ring (bicyclic) bond motifs is 1. The van der Waals surface area contributed by atoms with Crippen LogP contribution in [-0.4, -0.2) is 28.0 Å². The fraction of sp³-hybridized carbons (Fsp3) is 0.188. The maximum Gasteiger partial charge on any atom is 0.337 e. The second kappa shape index (κ2) is 5.86. The second-order valence-corrected chi connectivity index (χ2v) is 7.42. The molecule has 0 amide bonds. The van der Waals surface area contributed by atoms with E-state index >= 15 is 0 Å². The topological polar surface area (TPSA) is 63.7 Å². The van der Waals surface area contributed by atoms with E-state index in [0.717, 1.165) is 5.56 Å². The van der Waals surface area contributed by atoms with Gasteiger partial charge in [0.05, 0.1) is 23.3 Å². The van der Waals surface area contributed by atoms with Gasteiger partial charge in [0, 0.05) is 11.6 Å². The second-order valence-electron chi connectivity index (χ2n) is 5.12. The number of nitrogens with zero attached hydrogens (tertiary/aromatic N) is 1. The lowest BCUT2D eigenvalue weighted by atomic mass is 10.1. The zero-order valence-electron chi connectivity index (χ0n) is 12.3. The van der Waals surface area contributed by atoms with Crippen molar-refractivity contribution in [1.82, 2.24) is 0 Å². The van der Waals surface area contributed by atoms with Crippen molar-refractivity contribution in [3.05, 3.63) is 58.6 Å². The van der Waals surface area contributed by atoms with Gasteiger partial charge in [-0.1, -0.05) is 17.7 Å². The van der Waals surface area contributed by atoms with Gasteiger partial charge in [0.15, 0.2) is 0 Å². The number of carbonyl (C=O) groups is 1. The Morgan fingerprint density at radius 1 is 1.22 bits per heavy atom. The normalized spacial score (nSPS) is 13.7. The first-order valence-electron chi connectivity index (χ1n) is 6.93. The number of hydrogen-bond donors (Lipinski definition) is 0. The third-order valence-electron chi connectivity index (χ3n) is 3.74. The van der Waals surface area contributed by atoms with Crippen LogP contribution in [-0.2, 0) is 21.2 Å². The van der Waals surface area contributed by atoms with Crippen molar-refractivity contribution >= 4 is 33.3 Å². The molecule has 0 spiro atoms. The SMILES string of the molecule is COC(=O)c1ccc2c(c1)CCN2S(=O)(=O)c1cccc(Cl)c1. The first-order valence-corrected chi connectivity index (χ1v) is 8.75. The molecule has 1 aliphatic rings. The van der Waals surface area contributed by atoms with E-state index in [1.54, 1.807) is 30.3 Å². The van der Waals surface area contributed by atoms with Crippen LogP contribution in [0.2, 0.25) is 5.02 Å². The molecule has 7 heteroatoms. The smallest absolute Gasteiger partial charge is 0.337 e.